The number of anilines is 1. The van der Waals surface area contributed by atoms with Crippen LogP contribution in [0.25, 0.3) is 0 Å². The van der Waals surface area contributed by atoms with E-state index in [2.05, 4.69) is 0 Å². The van der Waals surface area contributed by atoms with E-state index >= 15 is 0 Å². The van der Waals surface area contributed by atoms with Gasteiger partial charge in [0.05, 0.1) is 10.7 Å². The Morgan fingerprint density at radius 2 is 1.90 bits per heavy atom. The standard InChI is InChI=1S/C7H7Cl2N/c1-10(9)7-5-3-2-4-6(7)8/h2-5H,1H3. The van der Waals surface area contributed by atoms with Crippen molar-refractivity contribution in [1.82, 2.24) is 0 Å². The summed E-state index contributed by atoms with van der Waals surface area (Å²) in [7, 11) is 1.74. The van der Waals surface area contributed by atoms with Crippen molar-refractivity contribution in [2.24, 2.45) is 0 Å². The maximum Gasteiger partial charge on any atom is 0.0706 e. The van der Waals surface area contributed by atoms with Gasteiger partial charge in [-0.1, -0.05) is 23.7 Å². The van der Waals surface area contributed by atoms with Gasteiger partial charge in [-0.25, -0.2) is 0 Å². The van der Waals surface area contributed by atoms with Gasteiger partial charge in [0.1, 0.15) is 0 Å². The highest BCUT2D eigenvalue weighted by molar-refractivity contribution is 6.36. The van der Waals surface area contributed by atoms with Crippen LogP contribution in [0, 0.1) is 0 Å². The first-order valence-corrected chi connectivity index (χ1v) is 3.57. The summed E-state index contributed by atoms with van der Waals surface area (Å²) >= 11 is 11.5. The van der Waals surface area contributed by atoms with E-state index in [1.54, 1.807) is 13.1 Å². The molecule has 0 bridgehead atoms. The molecule has 0 saturated carbocycles. The zero-order valence-electron chi connectivity index (χ0n) is 5.51. The molecule has 0 radical (unpaired) electrons. The minimum atomic E-state index is 0.667. The van der Waals surface area contributed by atoms with Crippen LogP contribution in [-0.4, -0.2) is 7.05 Å². The molecule has 0 atom stereocenters. The SMILES string of the molecule is CN(Cl)c1ccccc1Cl. The lowest BCUT2D eigenvalue weighted by Gasteiger charge is -2.09. The summed E-state index contributed by atoms with van der Waals surface area (Å²) in [4.78, 5) is 0. The molecule has 0 N–H and O–H groups in total. The van der Waals surface area contributed by atoms with E-state index in [1.807, 2.05) is 18.2 Å². The molecule has 0 fully saturated rings. The number of nitrogens with zero attached hydrogens (tertiary/aromatic N) is 1. The molecule has 0 aliphatic heterocycles. The monoisotopic (exact) mass is 175 g/mol. The van der Waals surface area contributed by atoms with Crippen molar-refractivity contribution in [2.75, 3.05) is 11.5 Å². The van der Waals surface area contributed by atoms with Crippen molar-refractivity contribution in [1.29, 1.82) is 0 Å². The van der Waals surface area contributed by atoms with Crippen molar-refractivity contribution in [3.05, 3.63) is 29.3 Å². The molecule has 0 aliphatic rings. The summed E-state index contributed by atoms with van der Waals surface area (Å²) in [5, 5.41) is 0.667. The first-order valence-electron chi connectivity index (χ1n) is 2.86. The van der Waals surface area contributed by atoms with Crippen molar-refractivity contribution in [3.8, 4) is 0 Å². The fourth-order valence-corrected chi connectivity index (χ4v) is 1.15. The summed E-state index contributed by atoms with van der Waals surface area (Å²) in [5.41, 5.74) is 0.825. The normalized spacial score (nSPS) is 9.50. The van der Waals surface area contributed by atoms with E-state index in [4.69, 9.17) is 23.4 Å². The predicted molar refractivity (Wildman–Crippen MR) is 45.7 cm³/mol. The average molecular weight is 176 g/mol. The Bertz CT molecular complexity index is 223. The largest absolute Gasteiger partial charge is 0.287 e. The lowest BCUT2D eigenvalue weighted by Crippen LogP contribution is -2.00. The molecule has 1 aromatic carbocycles. The summed E-state index contributed by atoms with van der Waals surface area (Å²) in [6.45, 7) is 0. The molecule has 54 valence electrons. The molecule has 0 amide bonds. The van der Waals surface area contributed by atoms with Crippen LogP contribution in [0.3, 0.4) is 0 Å². The zero-order chi connectivity index (χ0) is 7.56. The molecule has 0 saturated heterocycles. The highest BCUT2D eigenvalue weighted by Crippen LogP contribution is 2.24. The van der Waals surface area contributed by atoms with Crippen LogP contribution in [0.5, 0.6) is 0 Å². The molecule has 1 aromatic rings. The van der Waals surface area contributed by atoms with Crippen molar-refractivity contribution < 1.29 is 0 Å². The highest BCUT2D eigenvalue weighted by Gasteiger charge is 1.99. The van der Waals surface area contributed by atoms with E-state index in [9.17, 15) is 0 Å². The molecular weight excluding hydrogens is 169 g/mol. The second-order valence-electron chi connectivity index (χ2n) is 1.93. The predicted octanol–water partition coefficient (Wildman–Crippen LogP) is 2.93. The maximum atomic E-state index is 5.79. The Labute approximate surface area is 70.3 Å². The number of halogens is 2. The molecule has 1 rings (SSSR count). The Kier molecular flexibility index (Phi) is 2.41. The van der Waals surface area contributed by atoms with Crippen LogP contribution in [0.15, 0.2) is 24.3 Å². The molecule has 10 heavy (non-hydrogen) atoms. The van der Waals surface area contributed by atoms with Crippen LogP contribution < -0.4 is 4.42 Å². The van der Waals surface area contributed by atoms with Crippen molar-refractivity contribution >= 4 is 29.1 Å². The number of para-hydroxylation sites is 1. The average Bonchev–Trinajstić information content (AvgIpc) is 1.88. The van der Waals surface area contributed by atoms with E-state index in [1.165, 1.54) is 4.42 Å². The van der Waals surface area contributed by atoms with E-state index < -0.39 is 0 Å². The molecule has 0 unspecified atom stereocenters. The summed E-state index contributed by atoms with van der Waals surface area (Å²) in [5.74, 6) is 0. The Morgan fingerprint density at radius 3 is 2.30 bits per heavy atom. The first kappa shape index (κ1) is 7.70. The van der Waals surface area contributed by atoms with Gasteiger partial charge in [-0.15, -0.1) is 0 Å². The van der Waals surface area contributed by atoms with Gasteiger partial charge in [0.25, 0.3) is 0 Å². The highest BCUT2D eigenvalue weighted by atomic mass is 35.5. The fourth-order valence-electron chi connectivity index (χ4n) is 0.702. The third-order valence-electron chi connectivity index (χ3n) is 1.18. The molecular formula is C7H7Cl2N. The molecule has 0 aromatic heterocycles. The summed E-state index contributed by atoms with van der Waals surface area (Å²) in [6.07, 6.45) is 0. The quantitative estimate of drug-likeness (QED) is 0.594. The first-order chi connectivity index (χ1) is 4.72. The Balaban J connectivity index is 3.03. The summed E-state index contributed by atoms with van der Waals surface area (Å²) in [6, 6.07) is 7.41. The Hall–Kier alpha value is -0.400. The van der Waals surface area contributed by atoms with E-state index in [0.29, 0.717) is 5.02 Å². The van der Waals surface area contributed by atoms with Crippen LogP contribution >= 0.6 is 23.4 Å². The Morgan fingerprint density at radius 1 is 1.30 bits per heavy atom. The van der Waals surface area contributed by atoms with Crippen LogP contribution in [0.1, 0.15) is 0 Å². The van der Waals surface area contributed by atoms with Gasteiger partial charge in [-0.3, -0.25) is 4.42 Å². The lowest BCUT2D eigenvalue weighted by molar-refractivity contribution is 1.34. The summed E-state index contributed by atoms with van der Waals surface area (Å²) < 4.78 is 1.46. The van der Waals surface area contributed by atoms with E-state index in [0.717, 1.165) is 5.69 Å². The van der Waals surface area contributed by atoms with Crippen LogP contribution in [0.2, 0.25) is 5.02 Å². The minimum absolute atomic E-state index is 0.667. The molecule has 1 nitrogen and oxygen atoms in total. The number of hydrogen-bond acceptors (Lipinski definition) is 1. The topological polar surface area (TPSA) is 3.24 Å². The van der Waals surface area contributed by atoms with Gasteiger partial charge in [-0.2, -0.15) is 0 Å². The molecule has 0 spiro atoms. The minimum Gasteiger partial charge on any atom is -0.287 e. The molecule has 3 heteroatoms. The van der Waals surface area contributed by atoms with Gasteiger partial charge < -0.3 is 0 Å². The van der Waals surface area contributed by atoms with Gasteiger partial charge in [0.2, 0.25) is 0 Å². The third kappa shape index (κ3) is 1.55. The van der Waals surface area contributed by atoms with Crippen LogP contribution in [0.4, 0.5) is 5.69 Å². The smallest absolute Gasteiger partial charge is 0.0706 e. The molecule has 0 aliphatic carbocycles. The third-order valence-corrected chi connectivity index (χ3v) is 1.69. The fraction of sp³-hybridized carbons (Fsp3) is 0.143. The molecule has 0 heterocycles. The van der Waals surface area contributed by atoms with Crippen LogP contribution in [-0.2, 0) is 0 Å². The maximum absolute atomic E-state index is 5.79. The van der Waals surface area contributed by atoms with Gasteiger partial charge in [0.15, 0.2) is 0 Å². The second kappa shape index (κ2) is 3.13. The zero-order valence-corrected chi connectivity index (χ0v) is 7.02. The number of rotatable bonds is 1. The van der Waals surface area contributed by atoms with Gasteiger partial charge in [0, 0.05) is 18.8 Å². The van der Waals surface area contributed by atoms with E-state index in [-0.39, 0.29) is 0 Å². The second-order valence-corrected chi connectivity index (χ2v) is 2.84. The van der Waals surface area contributed by atoms with Crippen molar-refractivity contribution in [3.63, 3.8) is 0 Å². The number of benzene rings is 1. The number of hydrogen-bond donors (Lipinski definition) is 0. The lowest BCUT2D eigenvalue weighted by atomic mass is 10.3. The van der Waals surface area contributed by atoms with Crippen molar-refractivity contribution in [2.45, 2.75) is 0 Å². The van der Waals surface area contributed by atoms with Gasteiger partial charge >= 0.3 is 0 Å². The van der Waals surface area contributed by atoms with Gasteiger partial charge in [-0.05, 0) is 12.1 Å².